The van der Waals surface area contributed by atoms with Gasteiger partial charge >= 0.3 is 0 Å². The highest BCUT2D eigenvalue weighted by molar-refractivity contribution is 14.1. The number of nitrogens with zero attached hydrogens (tertiary/aromatic N) is 1. The van der Waals surface area contributed by atoms with E-state index in [1.165, 1.54) is 6.21 Å². The molecule has 0 aliphatic heterocycles. The Morgan fingerprint density at radius 2 is 2.20 bits per heavy atom. The van der Waals surface area contributed by atoms with E-state index in [4.69, 9.17) is 9.94 Å². The van der Waals surface area contributed by atoms with E-state index in [9.17, 15) is 0 Å². The van der Waals surface area contributed by atoms with Gasteiger partial charge in [-0.2, -0.15) is 0 Å². The van der Waals surface area contributed by atoms with E-state index in [1.807, 2.05) is 26.0 Å². The zero-order valence-corrected chi connectivity index (χ0v) is 12.1. The van der Waals surface area contributed by atoms with Crippen LogP contribution in [0.2, 0.25) is 0 Å². The molecule has 1 aromatic carbocycles. The number of halogens is 2. The summed E-state index contributed by atoms with van der Waals surface area (Å²) in [5.74, 6) is 0.742. The Balaban J connectivity index is 3.20. The monoisotopic (exact) mass is 383 g/mol. The SMILES string of the molecule is CC(C)Oc1c(I)cc(Br)cc1/C=N/O. The Bertz CT molecular complexity index is 380. The second-order valence-electron chi connectivity index (χ2n) is 3.22. The summed E-state index contributed by atoms with van der Waals surface area (Å²) in [6.45, 7) is 3.91. The van der Waals surface area contributed by atoms with Crippen LogP contribution in [0.5, 0.6) is 5.75 Å². The fourth-order valence-corrected chi connectivity index (χ4v) is 2.78. The number of ether oxygens (including phenoxy) is 1. The lowest BCUT2D eigenvalue weighted by Gasteiger charge is -2.14. The first-order valence-electron chi connectivity index (χ1n) is 4.37. The van der Waals surface area contributed by atoms with Crippen LogP contribution < -0.4 is 4.74 Å². The first kappa shape index (κ1) is 12.8. The maximum absolute atomic E-state index is 8.56. The molecule has 0 unspecified atom stereocenters. The molecule has 0 aliphatic carbocycles. The second kappa shape index (κ2) is 5.69. The molecule has 3 nitrogen and oxygen atoms in total. The molecule has 0 aliphatic rings. The predicted molar refractivity (Wildman–Crippen MR) is 72.0 cm³/mol. The van der Waals surface area contributed by atoms with Crippen molar-refractivity contribution in [1.82, 2.24) is 0 Å². The van der Waals surface area contributed by atoms with Gasteiger partial charge in [0.2, 0.25) is 0 Å². The van der Waals surface area contributed by atoms with E-state index >= 15 is 0 Å². The summed E-state index contributed by atoms with van der Waals surface area (Å²) in [5, 5.41) is 11.6. The molecule has 0 heterocycles. The molecule has 1 aromatic rings. The quantitative estimate of drug-likeness (QED) is 0.374. The minimum absolute atomic E-state index is 0.0885. The van der Waals surface area contributed by atoms with Crippen LogP contribution in [0.3, 0.4) is 0 Å². The highest BCUT2D eigenvalue weighted by Gasteiger charge is 2.10. The maximum atomic E-state index is 8.56. The van der Waals surface area contributed by atoms with Gasteiger partial charge in [-0.05, 0) is 48.6 Å². The second-order valence-corrected chi connectivity index (χ2v) is 5.30. The summed E-state index contributed by atoms with van der Waals surface area (Å²) >= 11 is 5.57. The molecule has 0 amide bonds. The van der Waals surface area contributed by atoms with Crippen LogP contribution in [0.15, 0.2) is 21.8 Å². The van der Waals surface area contributed by atoms with Crippen molar-refractivity contribution in [2.24, 2.45) is 5.16 Å². The van der Waals surface area contributed by atoms with Gasteiger partial charge in [0.15, 0.2) is 0 Å². The van der Waals surface area contributed by atoms with Crippen LogP contribution in [-0.2, 0) is 0 Å². The molecule has 82 valence electrons. The van der Waals surface area contributed by atoms with Gasteiger partial charge in [0.25, 0.3) is 0 Å². The van der Waals surface area contributed by atoms with Gasteiger partial charge in [-0.15, -0.1) is 0 Å². The van der Waals surface area contributed by atoms with E-state index in [0.717, 1.165) is 19.4 Å². The highest BCUT2D eigenvalue weighted by atomic mass is 127. The molecule has 5 heteroatoms. The summed E-state index contributed by atoms with van der Waals surface area (Å²) in [5.41, 5.74) is 0.755. The van der Waals surface area contributed by atoms with Gasteiger partial charge in [-0.3, -0.25) is 0 Å². The molecular formula is C10H11BrINO2. The average Bonchev–Trinajstić information content (AvgIpc) is 2.11. The molecule has 15 heavy (non-hydrogen) atoms. The maximum Gasteiger partial charge on any atom is 0.141 e. The molecule has 0 saturated heterocycles. The summed E-state index contributed by atoms with van der Waals surface area (Å²) in [7, 11) is 0. The zero-order valence-electron chi connectivity index (χ0n) is 8.37. The predicted octanol–water partition coefficient (Wildman–Crippen LogP) is 3.65. The van der Waals surface area contributed by atoms with Gasteiger partial charge in [0.1, 0.15) is 5.75 Å². The first-order valence-corrected chi connectivity index (χ1v) is 6.25. The van der Waals surface area contributed by atoms with Gasteiger partial charge < -0.3 is 9.94 Å². The standard InChI is InChI=1S/C10H11BrINO2/c1-6(2)15-10-7(5-13-14)3-8(11)4-9(10)12/h3-6,14H,1-2H3/b13-5+. The first-order chi connectivity index (χ1) is 7.04. The Morgan fingerprint density at radius 1 is 1.53 bits per heavy atom. The topological polar surface area (TPSA) is 41.8 Å². The van der Waals surface area contributed by atoms with Crippen LogP contribution in [0.1, 0.15) is 19.4 Å². The van der Waals surface area contributed by atoms with Crippen molar-refractivity contribution in [2.45, 2.75) is 20.0 Å². The van der Waals surface area contributed by atoms with Crippen LogP contribution in [0, 0.1) is 3.57 Å². The van der Waals surface area contributed by atoms with E-state index in [1.54, 1.807) is 0 Å². The number of hydrogen-bond donors (Lipinski definition) is 1. The Kier molecular flexibility index (Phi) is 4.85. The van der Waals surface area contributed by atoms with Crippen LogP contribution >= 0.6 is 38.5 Å². The van der Waals surface area contributed by atoms with Gasteiger partial charge in [-0.1, -0.05) is 21.1 Å². The van der Waals surface area contributed by atoms with Crippen LogP contribution in [0.4, 0.5) is 0 Å². The summed E-state index contributed by atoms with van der Waals surface area (Å²) in [6.07, 6.45) is 1.45. The lowest BCUT2D eigenvalue weighted by molar-refractivity contribution is 0.240. The fourth-order valence-electron chi connectivity index (χ4n) is 1.10. The molecule has 0 saturated carbocycles. The third-order valence-corrected chi connectivity index (χ3v) is 2.85. The van der Waals surface area contributed by atoms with Crippen molar-refractivity contribution in [3.63, 3.8) is 0 Å². The van der Waals surface area contributed by atoms with Crippen molar-refractivity contribution < 1.29 is 9.94 Å². The van der Waals surface area contributed by atoms with E-state index in [-0.39, 0.29) is 6.10 Å². The summed E-state index contributed by atoms with van der Waals surface area (Å²) < 4.78 is 7.56. The normalized spacial score (nSPS) is 11.3. The molecule has 1 N–H and O–H groups in total. The van der Waals surface area contributed by atoms with E-state index in [2.05, 4.69) is 43.7 Å². The number of benzene rings is 1. The van der Waals surface area contributed by atoms with E-state index < -0.39 is 0 Å². The molecule has 0 aromatic heterocycles. The molecule has 0 fully saturated rings. The van der Waals surface area contributed by atoms with Gasteiger partial charge in [-0.25, -0.2) is 0 Å². The fraction of sp³-hybridized carbons (Fsp3) is 0.300. The molecule has 1 rings (SSSR count). The van der Waals surface area contributed by atoms with Gasteiger partial charge in [0.05, 0.1) is 15.9 Å². The highest BCUT2D eigenvalue weighted by Crippen LogP contribution is 2.29. The molecule has 0 radical (unpaired) electrons. The van der Waals surface area contributed by atoms with Crippen molar-refractivity contribution in [2.75, 3.05) is 0 Å². The zero-order chi connectivity index (χ0) is 11.4. The molecule has 0 bridgehead atoms. The van der Waals surface area contributed by atoms with Crippen molar-refractivity contribution in [3.05, 3.63) is 25.7 Å². The Hall–Kier alpha value is -0.300. The third kappa shape index (κ3) is 3.64. The van der Waals surface area contributed by atoms with Crippen molar-refractivity contribution >= 4 is 44.7 Å². The Morgan fingerprint density at radius 3 is 2.73 bits per heavy atom. The Labute approximate surface area is 111 Å². The average molecular weight is 384 g/mol. The molecule has 0 atom stereocenters. The number of hydrogen-bond acceptors (Lipinski definition) is 3. The minimum atomic E-state index is 0.0885. The third-order valence-electron chi connectivity index (χ3n) is 1.59. The summed E-state index contributed by atoms with van der Waals surface area (Å²) in [4.78, 5) is 0. The van der Waals surface area contributed by atoms with Crippen LogP contribution in [0.25, 0.3) is 0 Å². The lowest BCUT2D eigenvalue weighted by Crippen LogP contribution is -2.08. The largest absolute Gasteiger partial charge is 0.489 e. The lowest BCUT2D eigenvalue weighted by atomic mass is 10.2. The van der Waals surface area contributed by atoms with Crippen LogP contribution in [-0.4, -0.2) is 17.5 Å². The summed E-state index contributed by atoms with van der Waals surface area (Å²) in [6, 6.07) is 3.80. The van der Waals surface area contributed by atoms with Crippen molar-refractivity contribution in [1.29, 1.82) is 0 Å². The molecular weight excluding hydrogens is 373 g/mol. The van der Waals surface area contributed by atoms with Gasteiger partial charge in [0, 0.05) is 10.0 Å². The number of rotatable bonds is 3. The smallest absolute Gasteiger partial charge is 0.141 e. The van der Waals surface area contributed by atoms with Crippen molar-refractivity contribution in [3.8, 4) is 5.75 Å². The van der Waals surface area contributed by atoms with E-state index in [0.29, 0.717) is 0 Å². The number of oxime groups is 1. The molecule has 0 spiro atoms. The minimum Gasteiger partial charge on any atom is -0.489 e.